The van der Waals surface area contributed by atoms with Crippen LogP contribution >= 0.6 is 0 Å². The number of carbonyl (C=O) groups excluding carboxylic acids is 2. The summed E-state index contributed by atoms with van der Waals surface area (Å²) in [6, 6.07) is 4.02. The fourth-order valence-electron chi connectivity index (χ4n) is 5.17. The highest BCUT2D eigenvalue weighted by Gasteiger charge is 2.42. The maximum absolute atomic E-state index is 13.0. The second-order valence-corrected chi connectivity index (χ2v) is 8.93. The van der Waals surface area contributed by atoms with Crippen LogP contribution in [-0.4, -0.2) is 70.8 Å². The zero-order valence-electron chi connectivity index (χ0n) is 17.0. The Labute approximate surface area is 167 Å². The zero-order chi connectivity index (χ0) is 19.6. The van der Waals surface area contributed by atoms with Crippen LogP contribution in [0.3, 0.4) is 0 Å². The van der Waals surface area contributed by atoms with Gasteiger partial charge in [-0.15, -0.1) is 0 Å². The van der Waals surface area contributed by atoms with Gasteiger partial charge >= 0.3 is 0 Å². The van der Waals surface area contributed by atoms with E-state index in [0.29, 0.717) is 18.9 Å². The molecular formula is C22H32N4O2. The van der Waals surface area contributed by atoms with Crippen LogP contribution in [0.4, 0.5) is 0 Å². The fourth-order valence-corrected chi connectivity index (χ4v) is 5.17. The molecule has 6 heteroatoms. The van der Waals surface area contributed by atoms with E-state index in [9.17, 15) is 9.59 Å². The van der Waals surface area contributed by atoms with Crippen molar-refractivity contribution in [2.45, 2.75) is 57.5 Å². The second kappa shape index (κ2) is 8.19. The lowest BCUT2D eigenvalue weighted by Gasteiger charge is -2.48. The van der Waals surface area contributed by atoms with Crippen LogP contribution in [0.25, 0.3) is 0 Å². The first-order valence-corrected chi connectivity index (χ1v) is 10.7. The molecule has 0 N–H and O–H groups in total. The van der Waals surface area contributed by atoms with Gasteiger partial charge in [0.15, 0.2) is 0 Å². The Morgan fingerprint density at radius 2 is 2.04 bits per heavy atom. The number of hydrogen-bond donors (Lipinski definition) is 0. The third kappa shape index (κ3) is 4.07. The molecule has 0 bridgehead atoms. The van der Waals surface area contributed by atoms with Crippen LogP contribution < -0.4 is 0 Å². The van der Waals surface area contributed by atoms with Crippen molar-refractivity contribution >= 4 is 11.8 Å². The minimum Gasteiger partial charge on any atom is -0.341 e. The first-order valence-electron chi connectivity index (χ1n) is 10.7. The van der Waals surface area contributed by atoms with Crippen molar-refractivity contribution in [2.24, 2.45) is 5.41 Å². The maximum atomic E-state index is 13.0. The molecule has 4 heterocycles. The standard InChI is InChI=1S/C22H32N4O2/c1-24-12-3-2-6-19(24)21(28)25-13-9-22(10-14-25)8-7-20(27)26(17-22)16-18-5-4-11-23-15-18/h4-5,11,15,19H,2-3,6-10,12-14,16-17H2,1H3. The summed E-state index contributed by atoms with van der Waals surface area (Å²) in [7, 11) is 2.08. The van der Waals surface area contributed by atoms with Gasteiger partial charge in [-0.1, -0.05) is 12.5 Å². The highest BCUT2D eigenvalue weighted by Crippen LogP contribution is 2.41. The molecule has 0 radical (unpaired) electrons. The van der Waals surface area contributed by atoms with Crippen LogP contribution in [0.1, 0.15) is 50.5 Å². The molecule has 3 aliphatic rings. The largest absolute Gasteiger partial charge is 0.341 e. The molecular weight excluding hydrogens is 352 g/mol. The number of pyridine rings is 1. The van der Waals surface area contributed by atoms with Gasteiger partial charge in [0.05, 0.1) is 6.04 Å². The molecule has 2 amide bonds. The molecule has 3 fully saturated rings. The number of rotatable bonds is 3. The van der Waals surface area contributed by atoms with E-state index in [2.05, 4.69) is 21.8 Å². The number of aromatic nitrogens is 1. The van der Waals surface area contributed by atoms with Crippen molar-refractivity contribution < 1.29 is 9.59 Å². The van der Waals surface area contributed by atoms with E-state index in [1.54, 1.807) is 6.20 Å². The maximum Gasteiger partial charge on any atom is 0.239 e. The summed E-state index contributed by atoms with van der Waals surface area (Å²) in [6.45, 7) is 4.14. The van der Waals surface area contributed by atoms with Crippen LogP contribution in [0.5, 0.6) is 0 Å². The summed E-state index contributed by atoms with van der Waals surface area (Å²) >= 11 is 0. The lowest BCUT2D eigenvalue weighted by Crippen LogP contribution is -2.55. The third-order valence-electron chi connectivity index (χ3n) is 7.04. The van der Waals surface area contributed by atoms with Gasteiger partial charge in [-0.05, 0) is 62.7 Å². The molecule has 1 spiro atoms. The van der Waals surface area contributed by atoms with Crippen LogP contribution in [0.15, 0.2) is 24.5 Å². The first-order chi connectivity index (χ1) is 13.6. The molecule has 28 heavy (non-hydrogen) atoms. The van der Waals surface area contributed by atoms with Crippen LogP contribution in [0, 0.1) is 5.41 Å². The van der Waals surface area contributed by atoms with Gasteiger partial charge in [-0.2, -0.15) is 0 Å². The van der Waals surface area contributed by atoms with E-state index in [4.69, 9.17) is 0 Å². The minimum absolute atomic E-state index is 0.0674. The second-order valence-electron chi connectivity index (χ2n) is 8.93. The molecule has 1 unspecified atom stereocenters. The SMILES string of the molecule is CN1CCCCC1C(=O)N1CCC2(CCC(=O)N(Cc3cccnc3)C2)CC1. The molecule has 3 aliphatic heterocycles. The van der Waals surface area contributed by atoms with Gasteiger partial charge < -0.3 is 9.80 Å². The van der Waals surface area contributed by atoms with E-state index in [1.165, 1.54) is 6.42 Å². The molecule has 1 aromatic rings. The number of carbonyl (C=O) groups is 2. The van der Waals surface area contributed by atoms with Gasteiger partial charge in [0.1, 0.15) is 0 Å². The Kier molecular flexibility index (Phi) is 5.67. The predicted octanol–water partition coefficient (Wildman–Crippen LogP) is 2.30. The van der Waals surface area contributed by atoms with Gasteiger partial charge in [-0.3, -0.25) is 19.5 Å². The Hall–Kier alpha value is -1.95. The van der Waals surface area contributed by atoms with E-state index in [-0.39, 0.29) is 17.4 Å². The molecule has 3 saturated heterocycles. The van der Waals surface area contributed by atoms with E-state index in [1.807, 2.05) is 23.2 Å². The first kappa shape index (κ1) is 19.4. The number of piperidine rings is 3. The highest BCUT2D eigenvalue weighted by atomic mass is 16.2. The Balaban J connectivity index is 1.36. The average molecular weight is 385 g/mol. The molecule has 4 rings (SSSR count). The number of nitrogens with zero attached hydrogens (tertiary/aromatic N) is 4. The number of likely N-dealkylation sites (N-methyl/N-ethyl adjacent to an activating group) is 1. The van der Waals surface area contributed by atoms with Gasteiger partial charge in [0.25, 0.3) is 0 Å². The third-order valence-corrected chi connectivity index (χ3v) is 7.04. The summed E-state index contributed by atoms with van der Waals surface area (Å²) < 4.78 is 0. The van der Waals surface area contributed by atoms with Crippen molar-refractivity contribution in [1.29, 1.82) is 0 Å². The van der Waals surface area contributed by atoms with Gasteiger partial charge in [0, 0.05) is 45.0 Å². The average Bonchev–Trinajstić information content (AvgIpc) is 2.72. The van der Waals surface area contributed by atoms with Crippen molar-refractivity contribution in [1.82, 2.24) is 19.7 Å². The van der Waals surface area contributed by atoms with E-state index >= 15 is 0 Å². The molecule has 0 aliphatic carbocycles. The topological polar surface area (TPSA) is 56.8 Å². The van der Waals surface area contributed by atoms with Crippen molar-refractivity contribution in [2.75, 3.05) is 33.2 Å². The molecule has 152 valence electrons. The number of likely N-dealkylation sites (tertiary alicyclic amines) is 3. The molecule has 0 aromatic carbocycles. The van der Waals surface area contributed by atoms with E-state index in [0.717, 1.165) is 63.8 Å². The van der Waals surface area contributed by atoms with Crippen molar-refractivity contribution in [3.63, 3.8) is 0 Å². The quantitative estimate of drug-likeness (QED) is 0.802. The summed E-state index contributed by atoms with van der Waals surface area (Å²) in [6.07, 6.45) is 10.5. The normalized spacial score (nSPS) is 25.9. The minimum atomic E-state index is 0.0674. The number of hydrogen-bond acceptors (Lipinski definition) is 4. The van der Waals surface area contributed by atoms with Crippen molar-refractivity contribution in [3.8, 4) is 0 Å². The monoisotopic (exact) mass is 384 g/mol. The summed E-state index contributed by atoms with van der Waals surface area (Å²) in [5.41, 5.74) is 1.26. The Bertz CT molecular complexity index is 700. The lowest BCUT2D eigenvalue weighted by molar-refractivity contribution is -0.145. The number of amides is 2. The Morgan fingerprint density at radius 1 is 1.21 bits per heavy atom. The summed E-state index contributed by atoms with van der Waals surface area (Å²) in [5, 5.41) is 0. The molecule has 1 aromatic heterocycles. The highest BCUT2D eigenvalue weighted by molar-refractivity contribution is 5.82. The molecule has 1 atom stereocenters. The van der Waals surface area contributed by atoms with Crippen LogP contribution in [0.2, 0.25) is 0 Å². The zero-order valence-corrected chi connectivity index (χ0v) is 17.0. The van der Waals surface area contributed by atoms with E-state index < -0.39 is 0 Å². The lowest BCUT2D eigenvalue weighted by atomic mass is 9.72. The summed E-state index contributed by atoms with van der Waals surface area (Å²) in [4.78, 5) is 36.0. The predicted molar refractivity (Wildman–Crippen MR) is 107 cm³/mol. The van der Waals surface area contributed by atoms with Crippen molar-refractivity contribution in [3.05, 3.63) is 30.1 Å². The smallest absolute Gasteiger partial charge is 0.239 e. The van der Waals surface area contributed by atoms with Crippen LogP contribution in [-0.2, 0) is 16.1 Å². The molecule has 0 saturated carbocycles. The molecule has 6 nitrogen and oxygen atoms in total. The fraction of sp³-hybridized carbons (Fsp3) is 0.682. The Morgan fingerprint density at radius 3 is 2.75 bits per heavy atom. The van der Waals surface area contributed by atoms with Gasteiger partial charge in [0.2, 0.25) is 11.8 Å². The van der Waals surface area contributed by atoms with Gasteiger partial charge in [-0.25, -0.2) is 0 Å². The summed E-state index contributed by atoms with van der Waals surface area (Å²) in [5.74, 6) is 0.563.